The van der Waals surface area contributed by atoms with Crippen molar-refractivity contribution >= 4 is 16.5 Å². The van der Waals surface area contributed by atoms with Crippen LogP contribution in [-0.4, -0.2) is 0 Å². The predicted molar refractivity (Wildman–Crippen MR) is 101 cm³/mol. The summed E-state index contributed by atoms with van der Waals surface area (Å²) in [5, 5.41) is 6.57. The zero-order chi connectivity index (χ0) is 16.1. The van der Waals surface area contributed by atoms with E-state index in [4.69, 9.17) is 0 Å². The number of fused-ring (bicyclic) bond motifs is 5. The number of benzene rings is 3. The Bertz CT molecular complexity index is 953. The lowest BCUT2D eigenvalue weighted by atomic mass is 9.76. The summed E-state index contributed by atoms with van der Waals surface area (Å²) < 4.78 is 0. The minimum atomic E-state index is 0.378. The molecular formula is C23H21N. The van der Waals surface area contributed by atoms with E-state index in [0.29, 0.717) is 17.9 Å². The summed E-state index contributed by atoms with van der Waals surface area (Å²) in [7, 11) is 0. The van der Waals surface area contributed by atoms with Crippen LogP contribution >= 0.6 is 0 Å². The minimum absolute atomic E-state index is 0.378. The standard InChI is InChI=1S/C23H21N/c1-15-6-4-8-17(14-15)22-20-11-5-10-19(20)21-13-12-16-7-2-3-9-18(16)23(21)24-22/h2-10,12-14,19-20,22,24H,11H2,1H3. The average Bonchev–Trinajstić information content (AvgIpc) is 3.10. The number of hydrogen-bond donors (Lipinski definition) is 1. The van der Waals surface area contributed by atoms with Gasteiger partial charge >= 0.3 is 0 Å². The van der Waals surface area contributed by atoms with E-state index in [2.05, 4.69) is 85.1 Å². The van der Waals surface area contributed by atoms with Gasteiger partial charge in [-0.25, -0.2) is 0 Å². The van der Waals surface area contributed by atoms with Gasteiger partial charge in [-0.2, -0.15) is 0 Å². The molecule has 0 amide bonds. The van der Waals surface area contributed by atoms with Crippen molar-refractivity contribution in [3.63, 3.8) is 0 Å². The molecule has 3 aromatic carbocycles. The first kappa shape index (κ1) is 13.9. The molecule has 3 atom stereocenters. The molecule has 118 valence electrons. The maximum atomic E-state index is 3.91. The second kappa shape index (κ2) is 5.24. The Morgan fingerprint density at radius 3 is 2.79 bits per heavy atom. The van der Waals surface area contributed by atoms with E-state index in [1.165, 1.54) is 33.2 Å². The maximum Gasteiger partial charge on any atom is 0.0554 e. The highest BCUT2D eigenvalue weighted by molar-refractivity contribution is 5.96. The number of aryl methyl sites for hydroxylation is 1. The normalized spacial score (nSPS) is 24.5. The van der Waals surface area contributed by atoms with Crippen molar-refractivity contribution in [1.82, 2.24) is 0 Å². The van der Waals surface area contributed by atoms with Gasteiger partial charge in [-0.3, -0.25) is 0 Å². The van der Waals surface area contributed by atoms with Crippen molar-refractivity contribution in [2.75, 3.05) is 5.32 Å². The molecule has 0 aromatic heterocycles. The molecule has 2 aliphatic rings. The first-order chi connectivity index (χ1) is 11.8. The molecule has 5 rings (SSSR count). The third-order valence-corrected chi connectivity index (χ3v) is 5.66. The summed E-state index contributed by atoms with van der Waals surface area (Å²) in [6.07, 6.45) is 5.94. The average molecular weight is 311 g/mol. The van der Waals surface area contributed by atoms with Gasteiger partial charge in [0.2, 0.25) is 0 Å². The van der Waals surface area contributed by atoms with Gasteiger partial charge < -0.3 is 5.32 Å². The van der Waals surface area contributed by atoms with Crippen molar-refractivity contribution in [3.8, 4) is 0 Å². The topological polar surface area (TPSA) is 12.0 Å². The van der Waals surface area contributed by atoms with E-state index in [0.717, 1.165) is 6.42 Å². The smallest absolute Gasteiger partial charge is 0.0554 e. The van der Waals surface area contributed by atoms with Gasteiger partial charge in [-0.15, -0.1) is 0 Å². The fraction of sp³-hybridized carbons (Fsp3) is 0.217. The summed E-state index contributed by atoms with van der Waals surface area (Å²) in [6, 6.07) is 22.7. The molecule has 0 spiro atoms. The Labute approximate surface area is 143 Å². The van der Waals surface area contributed by atoms with E-state index in [1.54, 1.807) is 0 Å². The quantitative estimate of drug-likeness (QED) is 0.545. The maximum absolute atomic E-state index is 3.91. The van der Waals surface area contributed by atoms with E-state index in [9.17, 15) is 0 Å². The van der Waals surface area contributed by atoms with E-state index in [1.807, 2.05) is 0 Å². The molecule has 0 fully saturated rings. The largest absolute Gasteiger partial charge is 0.377 e. The number of allylic oxidation sites excluding steroid dienone is 2. The van der Waals surface area contributed by atoms with Gasteiger partial charge in [0, 0.05) is 17.0 Å². The summed E-state index contributed by atoms with van der Waals surface area (Å²) in [5.41, 5.74) is 5.52. The molecule has 1 nitrogen and oxygen atoms in total. The minimum Gasteiger partial charge on any atom is -0.377 e. The van der Waals surface area contributed by atoms with E-state index < -0.39 is 0 Å². The number of rotatable bonds is 1. The van der Waals surface area contributed by atoms with Gasteiger partial charge in [0.1, 0.15) is 0 Å². The first-order valence-corrected chi connectivity index (χ1v) is 8.83. The molecule has 1 heterocycles. The molecule has 0 radical (unpaired) electrons. The third-order valence-electron chi connectivity index (χ3n) is 5.66. The van der Waals surface area contributed by atoms with E-state index >= 15 is 0 Å². The van der Waals surface area contributed by atoms with Gasteiger partial charge in [-0.1, -0.05) is 78.4 Å². The predicted octanol–water partition coefficient (Wildman–Crippen LogP) is 5.97. The van der Waals surface area contributed by atoms with Crippen molar-refractivity contribution in [2.45, 2.75) is 25.3 Å². The highest BCUT2D eigenvalue weighted by Crippen LogP contribution is 2.51. The fourth-order valence-corrected chi connectivity index (χ4v) is 4.53. The molecule has 3 aromatic rings. The molecule has 1 aliphatic heterocycles. The fourth-order valence-electron chi connectivity index (χ4n) is 4.53. The van der Waals surface area contributed by atoms with Crippen LogP contribution in [0.4, 0.5) is 5.69 Å². The summed E-state index contributed by atoms with van der Waals surface area (Å²) >= 11 is 0. The summed E-state index contributed by atoms with van der Waals surface area (Å²) in [6.45, 7) is 2.18. The Hall–Kier alpha value is -2.54. The van der Waals surface area contributed by atoms with Crippen LogP contribution in [0.1, 0.15) is 35.1 Å². The van der Waals surface area contributed by atoms with Gasteiger partial charge in [-0.05, 0) is 35.8 Å². The van der Waals surface area contributed by atoms with Gasteiger partial charge in [0.05, 0.1) is 6.04 Å². The second-order valence-corrected chi connectivity index (χ2v) is 7.14. The third kappa shape index (κ3) is 2.01. The Morgan fingerprint density at radius 2 is 1.88 bits per heavy atom. The van der Waals surface area contributed by atoms with Gasteiger partial charge in [0.25, 0.3) is 0 Å². The lowest BCUT2D eigenvalue weighted by Crippen LogP contribution is -2.29. The Kier molecular flexibility index (Phi) is 3.02. The molecule has 3 unspecified atom stereocenters. The van der Waals surface area contributed by atoms with Crippen LogP contribution in [0.5, 0.6) is 0 Å². The summed E-state index contributed by atoms with van der Waals surface area (Å²) in [4.78, 5) is 0. The highest BCUT2D eigenvalue weighted by Gasteiger charge is 2.38. The summed E-state index contributed by atoms with van der Waals surface area (Å²) in [5.74, 6) is 1.14. The number of hydrogen-bond acceptors (Lipinski definition) is 1. The number of anilines is 1. The number of nitrogens with one attached hydrogen (secondary N) is 1. The second-order valence-electron chi connectivity index (χ2n) is 7.14. The van der Waals surface area contributed by atoms with Crippen molar-refractivity contribution < 1.29 is 0 Å². The molecule has 24 heavy (non-hydrogen) atoms. The molecule has 0 saturated heterocycles. The lowest BCUT2D eigenvalue weighted by Gasteiger charge is -2.38. The van der Waals surface area contributed by atoms with Crippen LogP contribution in [0.15, 0.2) is 72.8 Å². The highest BCUT2D eigenvalue weighted by atomic mass is 15.0. The van der Waals surface area contributed by atoms with Crippen LogP contribution < -0.4 is 5.32 Å². The van der Waals surface area contributed by atoms with Crippen molar-refractivity contribution in [2.24, 2.45) is 5.92 Å². The molecule has 1 N–H and O–H groups in total. The van der Waals surface area contributed by atoms with Crippen molar-refractivity contribution in [1.29, 1.82) is 0 Å². The zero-order valence-electron chi connectivity index (χ0n) is 13.9. The van der Waals surface area contributed by atoms with Crippen molar-refractivity contribution in [3.05, 3.63) is 89.5 Å². The molecule has 0 saturated carbocycles. The SMILES string of the molecule is Cc1cccc(C2Nc3c(ccc4ccccc34)C3C=CCC32)c1. The lowest BCUT2D eigenvalue weighted by molar-refractivity contribution is 0.426. The zero-order valence-corrected chi connectivity index (χ0v) is 13.9. The monoisotopic (exact) mass is 311 g/mol. The van der Waals surface area contributed by atoms with Gasteiger partial charge in [0.15, 0.2) is 0 Å². The Morgan fingerprint density at radius 1 is 0.958 bits per heavy atom. The molecule has 0 bridgehead atoms. The van der Waals surface area contributed by atoms with Crippen LogP contribution in [0.2, 0.25) is 0 Å². The molecular weight excluding hydrogens is 290 g/mol. The Balaban J connectivity index is 1.71. The first-order valence-electron chi connectivity index (χ1n) is 8.83. The van der Waals surface area contributed by atoms with Crippen LogP contribution in [0.25, 0.3) is 10.8 Å². The van der Waals surface area contributed by atoms with Crippen LogP contribution in [0.3, 0.4) is 0 Å². The van der Waals surface area contributed by atoms with Crippen LogP contribution in [0, 0.1) is 12.8 Å². The molecule has 1 aliphatic carbocycles. The van der Waals surface area contributed by atoms with E-state index in [-0.39, 0.29) is 0 Å². The molecule has 1 heteroatoms. The van der Waals surface area contributed by atoms with Crippen LogP contribution in [-0.2, 0) is 0 Å².